The monoisotopic (exact) mass is 330 g/mol. The second-order valence-electron chi connectivity index (χ2n) is 6.05. The molecule has 0 unspecified atom stereocenters. The topological polar surface area (TPSA) is 82.9 Å². The van der Waals surface area contributed by atoms with Gasteiger partial charge in [-0.25, -0.2) is 14.2 Å². The highest BCUT2D eigenvalue weighted by Gasteiger charge is 2.21. The predicted molar refractivity (Wildman–Crippen MR) is 91.1 cm³/mol. The summed E-state index contributed by atoms with van der Waals surface area (Å²) >= 11 is 0. The first-order valence-electron chi connectivity index (χ1n) is 7.70. The van der Waals surface area contributed by atoms with Gasteiger partial charge in [0, 0.05) is 38.8 Å². The Balaban J connectivity index is 2.56. The molecule has 0 aliphatic heterocycles. The zero-order chi connectivity index (χ0) is 17.6. The van der Waals surface area contributed by atoms with Crippen LogP contribution in [0.2, 0.25) is 0 Å². The molecule has 1 aliphatic rings. The van der Waals surface area contributed by atoms with Crippen molar-refractivity contribution in [2.75, 3.05) is 0 Å². The number of fused-ring (bicyclic) bond motifs is 1. The van der Waals surface area contributed by atoms with Crippen LogP contribution in [0.5, 0.6) is 0 Å². The van der Waals surface area contributed by atoms with E-state index in [0.29, 0.717) is 34.9 Å². The van der Waals surface area contributed by atoms with Gasteiger partial charge < -0.3 is 5.73 Å². The average molecular weight is 330 g/mol. The van der Waals surface area contributed by atoms with Crippen molar-refractivity contribution in [1.29, 1.82) is 0 Å². The minimum absolute atomic E-state index is 0.163. The number of nitrogens with zero attached hydrogens (tertiary/aromatic N) is 3. The lowest BCUT2D eigenvalue weighted by Gasteiger charge is -2.19. The van der Waals surface area contributed by atoms with Crippen molar-refractivity contribution in [2.45, 2.75) is 26.3 Å². The van der Waals surface area contributed by atoms with Gasteiger partial charge in [0.1, 0.15) is 11.5 Å². The number of aryl methyl sites for hydroxylation is 1. The van der Waals surface area contributed by atoms with Crippen molar-refractivity contribution < 1.29 is 4.39 Å². The molecular formula is C17H19FN4O2. The van der Waals surface area contributed by atoms with E-state index in [-0.39, 0.29) is 18.0 Å². The van der Waals surface area contributed by atoms with Crippen molar-refractivity contribution in [3.63, 3.8) is 0 Å². The molecule has 0 bridgehead atoms. The maximum absolute atomic E-state index is 13.9. The molecule has 126 valence electrons. The van der Waals surface area contributed by atoms with Gasteiger partial charge in [-0.3, -0.25) is 13.9 Å². The van der Waals surface area contributed by atoms with Gasteiger partial charge in [0.25, 0.3) is 5.56 Å². The number of aromatic nitrogens is 3. The van der Waals surface area contributed by atoms with Crippen LogP contribution < -0.4 is 17.0 Å². The third-order valence-electron chi connectivity index (χ3n) is 4.54. The number of nitrogens with two attached hydrogens (primary N) is 1. The summed E-state index contributed by atoms with van der Waals surface area (Å²) in [6.07, 6.45) is 3.94. The molecule has 2 aromatic rings. The molecule has 2 N–H and O–H groups in total. The van der Waals surface area contributed by atoms with Crippen LogP contribution in [0.4, 0.5) is 4.39 Å². The van der Waals surface area contributed by atoms with Gasteiger partial charge >= 0.3 is 5.69 Å². The fraction of sp³-hybridized carbons (Fsp3) is 0.353. The van der Waals surface area contributed by atoms with Crippen LogP contribution in [0.1, 0.15) is 30.9 Å². The molecule has 7 heteroatoms. The molecule has 0 spiro atoms. The van der Waals surface area contributed by atoms with Crippen LogP contribution in [0, 0.1) is 0 Å². The Labute approximate surface area is 137 Å². The smallest absolute Gasteiger partial charge is 0.326 e. The van der Waals surface area contributed by atoms with E-state index in [9.17, 15) is 14.0 Å². The SMILES string of the molecule is CC1=C(c2c(CN)cnc3c2c(=O)n(C)c(=O)n3C)C=C(F)CC1. The van der Waals surface area contributed by atoms with Crippen LogP contribution in [0.3, 0.4) is 0 Å². The summed E-state index contributed by atoms with van der Waals surface area (Å²) in [5, 5.41) is 0.294. The molecule has 2 heterocycles. The highest BCUT2D eigenvalue weighted by Crippen LogP contribution is 2.35. The highest BCUT2D eigenvalue weighted by atomic mass is 19.1. The van der Waals surface area contributed by atoms with Gasteiger partial charge in [-0.1, -0.05) is 5.57 Å². The van der Waals surface area contributed by atoms with Gasteiger partial charge in [-0.05, 0) is 30.6 Å². The highest BCUT2D eigenvalue weighted by molar-refractivity contribution is 5.95. The Morgan fingerprint density at radius 3 is 2.62 bits per heavy atom. The van der Waals surface area contributed by atoms with Crippen LogP contribution >= 0.6 is 0 Å². The van der Waals surface area contributed by atoms with Gasteiger partial charge in [0.05, 0.1) is 5.39 Å². The van der Waals surface area contributed by atoms with Crippen molar-refractivity contribution >= 4 is 16.6 Å². The van der Waals surface area contributed by atoms with Crippen molar-refractivity contribution in [3.05, 3.63) is 55.6 Å². The molecule has 1 aliphatic carbocycles. The predicted octanol–water partition coefficient (Wildman–Crippen LogP) is 1.51. The molecule has 0 fully saturated rings. The number of hydrogen-bond donors (Lipinski definition) is 1. The Bertz CT molecular complexity index is 1030. The molecule has 6 nitrogen and oxygen atoms in total. The van der Waals surface area contributed by atoms with Crippen molar-refractivity contribution in [2.24, 2.45) is 19.8 Å². The third kappa shape index (κ3) is 2.32. The first-order valence-corrected chi connectivity index (χ1v) is 7.70. The van der Waals surface area contributed by atoms with E-state index in [1.54, 1.807) is 13.2 Å². The Morgan fingerprint density at radius 2 is 1.96 bits per heavy atom. The van der Waals surface area contributed by atoms with Crippen LogP contribution in [0.25, 0.3) is 16.6 Å². The number of rotatable bonds is 2. The van der Waals surface area contributed by atoms with Crippen molar-refractivity contribution in [3.8, 4) is 0 Å². The zero-order valence-corrected chi connectivity index (χ0v) is 13.9. The lowest BCUT2D eigenvalue weighted by Crippen LogP contribution is -2.38. The van der Waals surface area contributed by atoms with Crippen molar-refractivity contribution in [1.82, 2.24) is 14.1 Å². The molecule has 0 amide bonds. The zero-order valence-electron chi connectivity index (χ0n) is 13.9. The van der Waals surface area contributed by atoms with Gasteiger partial charge in [0.15, 0.2) is 0 Å². The first kappa shape index (κ1) is 16.3. The molecule has 3 rings (SSSR count). The fourth-order valence-electron chi connectivity index (χ4n) is 3.11. The molecule has 0 saturated heterocycles. The minimum atomic E-state index is -0.456. The molecule has 2 aromatic heterocycles. The minimum Gasteiger partial charge on any atom is -0.326 e. The maximum atomic E-state index is 13.9. The summed E-state index contributed by atoms with van der Waals surface area (Å²) in [6, 6.07) is 0. The second-order valence-corrected chi connectivity index (χ2v) is 6.05. The molecule has 0 atom stereocenters. The Hall–Kier alpha value is -2.54. The van der Waals surface area contributed by atoms with Gasteiger partial charge in [-0.15, -0.1) is 0 Å². The van der Waals surface area contributed by atoms with E-state index in [2.05, 4.69) is 4.98 Å². The van der Waals surface area contributed by atoms with E-state index in [0.717, 1.165) is 10.1 Å². The van der Waals surface area contributed by atoms with Gasteiger partial charge in [-0.2, -0.15) is 0 Å². The quantitative estimate of drug-likeness (QED) is 0.905. The summed E-state index contributed by atoms with van der Waals surface area (Å²) in [6.45, 7) is 2.08. The van der Waals surface area contributed by atoms with Crippen LogP contribution in [-0.2, 0) is 20.6 Å². The summed E-state index contributed by atoms with van der Waals surface area (Å²) in [5.41, 5.74) is 8.06. The van der Waals surface area contributed by atoms with E-state index < -0.39 is 11.2 Å². The number of halogens is 1. The molecule has 0 radical (unpaired) electrons. The largest absolute Gasteiger partial charge is 0.332 e. The third-order valence-corrected chi connectivity index (χ3v) is 4.54. The summed E-state index contributed by atoms with van der Waals surface area (Å²) < 4.78 is 16.2. The average Bonchev–Trinajstić information content (AvgIpc) is 2.58. The standard InChI is InChI=1S/C17H19FN4O2/c1-9-4-5-11(18)6-12(9)13-10(7-19)8-20-15-14(13)16(23)22(3)17(24)21(15)2/h6,8H,4-5,7,19H2,1-3H3. The Morgan fingerprint density at radius 1 is 1.25 bits per heavy atom. The van der Waals surface area contributed by atoms with Crippen LogP contribution in [0.15, 0.2) is 33.3 Å². The summed E-state index contributed by atoms with van der Waals surface area (Å²) in [5.74, 6) is -0.231. The molecular weight excluding hydrogens is 311 g/mol. The number of hydrogen-bond acceptors (Lipinski definition) is 4. The van der Waals surface area contributed by atoms with E-state index >= 15 is 0 Å². The first-order chi connectivity index (χ1) is 11.4. The second kappa shape index (κ2) is 5.83. The fourth-order valence-corrected chi connectivity index (χ4v) is 3.11. The summed E-state index contributed by atoms with van der Waals surface area (Å²) in [4.78, 5) is 29.1. The normalized spacial score (nSPS) is 15.1. The molecule has 0 aromatic carbocycles. The Kier molecular flexibility index (Phi) is 3.96. The van der Waals surface area contributed by atoms with E-state index in [1.165, 1.54) is 17.7 Å². The van der Waals surface area contributed by atoms with E-state index in [1.807, 2.05) is 6.92 Å². The lowest BCUT2D eigenvalue weighted by molar-refractivity contribution is 0.583. The van der Waals surface area contributed by atoms with Crippen LogP contribution in [-0.4, -0.2) is 14.1 Å². The number of allylic oxidation sites excluding steroid dienone is 4. The molecule has 24 heavy (non-hydrogen) atoms. The molecule has 0 saturated carbocycles. The number of pyridine rings is 1. The summed E-state index contributed by atoms with van der Waals surface area (Å²) in [7, 11) is 2.98. The maximum Gasteiger partial charge on any atom is 0.332 e. The van der Waals surface area contributed by atoms with E-state index in [4.69, 9.17) is 5.73 Å². The lowest BCUT2D eigenvalue weighted by atomic mass is 9.89. The van der Waals surface area contributed by atoms with Gasteiger partial charge in [0.2, 0.25) is 0 Å².